The highest BCUT2D eigenvalue weighted by Gasteiger charge is 2.09. The fourth-order valence-corrected chi connectivity index (χ4v) is 3.60. The van der Waals surface area contributed by atoms with E-state index in [1.165, 1.54) is 0 Å². The fourth-order valence-electron chi connectivity index (χ4n) is 3.60. The van der Waals surface area contributed by atoms with Crippen LogP contribution in [-0.4, -0.2) is 40.9 Å². The molecular formula is C28H30N6O3. The molecule has 0 saturated heterocycles. The van der Waals surface area contributed by atoms with Gasteiger partial charge in [0.25, 0.3) is 5.91 Å². The van der Waals surface area contributed by atoms with E-state index in [-0.39, 0.29) is 18.8 Å². The number of carbonyl (C=O) groups is 1. The van der Waals surface area contributed by atoms with Gasteiger partial charge in [0.05, 0.1) is 23.2 Å². The number of para-hydroxylation sites is 2. The molecule has 190 valence electrons. The van der Waals surface area contributed by atoms with Crippen molar-refractivity contribution in [2.24, 2.45) is 0 Å². The number of methoxy groups -OCH3 is 1. The molecule has 4 rings (SSSR count). The number of nitrogens with one attached hydrogen (secondary N) is 2. The Hall–Kier alpha value is -4.34. The number of ether oxygens (including phenoxy) is 2. The van der Waals surface area contributed by atoms with Crippen LogP contribution < -0.4 is 16.4 Å². The Morgan fingerprint density at radius 3 is 2.57 bits per heavy atom. The van der Waals surface area contributed by atoms with Gasteiger partial charge in [-0.2, -0.15) is 0 Å². The SMILES string of the molecule is COCOC(C)Cc1ccc(-c2ccnc(NCc3ccc(C(=O)Nc4ccccc4N)cc3)n2)cn1. The zero-order valence-corrected chi connectivity index (χ0v) is 20.8. The van der Waals surface area contributed by atoms with E-state index in [9.17, 15) is 4.79 Å². The van der Waals surface area contributed by atoms with Gasteiger partial charge in [-0.25, -0.2) is 9.97 Å². The minimum absolute atomic E-state index is 0.0132. The molecule has 2 aromatic carbocycles. The Morgan fingerprint density at radius 1 is 1.03 bits per heavy atom. The van der Waals surface area contributed by atoms with E-state index in [4.69, 9.17) is 15.2 Å². The van der Waals surface area contributed by atoms with Crippen molar-refractivity contribution >= 4 is 23.2 Å². The fraction of sp³-hybridized carbons (Fsp3) is 0.214. The summed E-state index contributed by atoms with van der Waals surface area (Å²) >= 11 is 0. The van der Waals surface area contributed by atoms with Crippen LogP contribution in [0.25, 0.3) is 11.3 Å². The van der Waals surface area contributed by atoms with Gasteiger partial charge in [-0.3, -0.25) is 9.78 Å². The third kappa shape index (κ3) is 7.33. The van der Waals surface area contributed by atoms with Crippen LogP contribution in [0, 0.1) is 0 Å². The second-order valence-electron chi connectivity index (χ2n) is 8.48. The van der Waals surface area contributed by atoms with Crippen LogP contribution >= 0.6 is 0 Å². The molecule has 0 aliphatic carbocycles. The lowest BCUT2D eigenvalue weighted by atomic mass is 10.1. The van der Waals surface area contributed by atoms with E-state index in [2.05, 4.69) is 25.6 Å². The first-order valence-electron chi connectivity index (χ1n) is 11.9. The van der Waals surface area contributed by atoms with Crippen molar-refractivity contribution in [1.82, 2.24) is 15.0 Å². The van der Waals surface area contributed by atoms with Crippen molar-refractivity contribution in [2.75, 3.05) is 30.3 Å². The average Bonchev–Trinajstić information content (AvgIpc) is 2.93. The van der Waals surface area contributed by atoms with Gasteiger partial charge in [-0.05, 0) is 55.0 Å². The number of carbonyl (C=O) groups excluding carboxylic acids is 1. The summed E-state index contributed by atoms with van der Waals surface area (Å²) in [5.41, 5.74) is 11.1. The first-order chi connectivity index (χ1) is 18.0. The van der Waals surface area contributed by atoms with Gasteiger partial charge >= 0.3 is 0 Å². The molecule has 0 saturated carbocycles. The van der Waals surface area contributed by atoms with Gasteiger partial charge in [0, 0.05) is 49.3 Å². The lowest BCUT2D eigenvalue weighted by Gasteiger charge is -2.12. The standard InChI is InChI=1S/C28H30N6O3/c1-19(37-18-36-2)15-23-12-11-22(17-31-23)25-13-14-30-28(34-25)32-16-20-7-9-21(10-8-20)27(35)33-26-6-4-3-5-24(26)29/h3-14,17,19H,15-16,18,29H2,1-2H3,(H,33,35)(H,30,32,34). The molecule has 9 heteroatoms. The number of nitrogens with zero attached hydrogens (tertiary/aromatic N) is 3. The lowest BCUT2D eigenvalue weighted by Crippen LogP contribution is -2.14. The van der Waals surface area contributed by atoms with Crippen molar-refractivity contribution < 1.29 is 14.3 Å². The molecule has 1 unspecified atom stereocenters. The Labute approximate surface area is 216 Å². The number of hydrogen-bond donors (Lipinski definition) is 3. The Morgan fingerprint density at radius 2 is 1.84 bits per heavy atom. The minimum atomic E-state index is -0.218. The normalized spacial score (nSPS) is 11.6. The van der Waals surface area contributed by atoms with E-state index < -0.39 is 0 Å². The quantitative estimate of drug-likeness (QED) is 0.203. The van der Waals surface area contributed by atoms with E-state index in [1.54, 1.807) is 43.8 Å². The molecule has 0 spiro atoms. The van der Waals surface area contributed by atoms with Gasteiger partial charge in [0.2, 0.25) is 5.95 Å². The maximum absolute atomic E-state index is 12.5. The summed E-state index contributed by atoms with van der Waals surface area (Å²) in [4.78, 5) is 26.0. The Kier molecular flexibility index (Phi) is 8.75. The zero-order valence-electron chi connectivity index (χ0n) is 20.8. The number of nitrogens with two attached hydrogens (primary N) is 1. The molecule has 1 amide bonds. The Balaban J connectivity index is 1.33. The highest BCUT2D eigenvalue weighted by Crippen LogP contribution is 2.19. The van der Waals surface area contributed by atoms with E-state index in [0.717, 1.165) is 22.5 Å². The molecule has 0 aliphatic rings. The van der Waals surface area contributed by atoms with E-state index in [1.807, 2.05) is 49.4 Å². The predicted molar refractivity (Wildman–Crippen MR) is 144 cm³/mol. The number of nitrogen functional groups attached to an aromatic ring is 1. The third-order valence-electron chi connectivity index (χ3n) is 5.62. The summed E-state index contributed by atoms with van der Waals surface area (Å²) in [5, 5.41) is 6.07. The van der Waals surface area contributed by atoms with Gasteiger partial charge in [0.15, 0.2) is 0 Å². The van der Waals surface area contributed by atoms with E-state index in [0.29, 0.717) is 35.9 Å². The Bertz CT molecular complexity index is 1310. The number of anilines is 3. The molecule has 2 heterocycles. The largest absolute Gasteiger partial charge is 0.397 e. The van der Waals surface area contributed by atoms with Gasteiger partial charge in [-0.15, -0.1) is 0 Å². The van der Waals surface area contributed by atoms with Crippen LogP contribution in [0.4, 0.5) is 17.3 Å². The van der Waals surface area contributed by atoms with Crippen molar-refractivity contribution in [3.05, 3.63) is 95.9 Å². The summed E-state index contributed by atoms with van der Waals surface area (Å²) in [6.45, 7) is 2.76. The molecule has 4 N–H and O–H groups in total. The van der Waals surface area contributed by atoms with Gasteiger partial charge < -0.3 is 25.8 Å². The topological polar surface area (TPSA) is 124 Å². The second kappa shape index (κ2) is 12.6. The van der Waals surface area contributed by atoms with Crippen LogP contribution in [-0.2, 0) is 22.4 Å². The molecular weight excluding hydrogens is 468 g/mol. The number of aromatic nitrogens is 3. The highest BCUT2D eigenvalue weighted by atomic mass is 16.7. The first kappa shape index (κ1) is 25.7. The maximum Gasteiger partial charge on any atom is 0.255 e. The lowest BCUT2D eigenvalue weighted by molar-refractivity contribution is -0.0648. The number of rotatable bonds is 11. The number of hydrogen-bond acceptors (Lipinski definition) is 8. The van der Waals surface area contributed by atoms with Crippen molar-refractivity contribution in [3.63, 3.8) is 0 Å². The van der Waals surface area contributed by atoms with E-state index >= 15 is 0 Å². The molecule has 0 radical (unpaired) electrons. The van der Waals surface area contributed by atoms with Crippen molar-refractivity contribution in [3.8, 4) is 11.3 Å². The summed E-state index contributed by atoms with van der Waals surface area (Å²) in [5.74, 6) is 0.287. The van der Waals surface area contributed by atoms with Crippen LogP contribution in [0.5, 0.6) is 0 Å². The predicted octanol–water partition coefficient (Wildman–Crippen LogP) is 4.54. The van der Waals surface area contributed by atoms with Crippen molar-refractivity contribution in [2.45, 2.75) is 26.0 Å². The van der Waals surface area contributed by atoms with Gasteiger partial charge in [-0.1, -0.05) is 24.3 Å². The summed E-state index contributed by atoms with van der Waals surface area (Å²) in [6.07, 6.45) is 4.22. The molecule has 0 aliphatic heterocycles. The molecule has 2 aromatic heterocycles. The number of amides is 1. The first-order valence-corrected chi connectivity index (χ1v) is 11.9. The molecule has 37 heavy (non-hydrogen) atoms. The third-order valence-corrected chi connectivity index (χ3v) is 5.62. The van der Waals surface area contributed by atoms with Crippen LogP contribution in [0.1, 0.15) is 28.5 Å². The van der Waals surface area contributed by atoms with Crippen LogP contribution in [0.2, 0.25) is 0 Å². The summed E-state index contributed by atoms with van der Waals surface area (Å²) in [6, 6.07) is 20.3. The van der Waals surface area contributed by atoms with Gasteiger partial charge in [0.1, 0.15) is 6.79 Å². The summed E-state index contributed by atoms with van der Waals surface area (Å²) in [7, 11) is 1.60. The van der Waals surface area contributed by atoms with Crippen LogP contribution in [0.15, 0.2) is 79.1 Å². The molecule has 1 atom stereocenters. The molecule has 9 nitrogen and oxygen atoms in total. The summed E-state index contributed by atoms with van der Waals surface area (Å²) < 4.78 is 10.5. The highest BCUT2D eigenvalue weighted by molar-refractivity contribution is 6.05. The van der Waals surface area contributed by atoms with Crippen molar-refractivity contribution in [1.29, 1.82) is 0 Å². The maximum atomic E-state index is 12.5. The second-order valence-corrected chi connectivity index (χ2v) is 8.48. The average molecular weight is 499 g/mol. The number of pyridine rings is 1. The zero-order chi connectivity index (χ0) is 26.0. The molecule has 0 fully saturated rings. The van der Waals surface area contributed by atoms with Crippen LogP contribution in [0.3, 0.4) is 0 Å². The minimum Gasteiger partial charge on any atom is -0.397 e. The molecule has 0 bridgehead atoms. The number of benzene rings is 2. The molecule has 4 aromatic rings. The smallest absolute Gasteiger partial charge is 0.255 e. The monoisotopic (exact) mass is 498 g/mol.